The Morgan fingerprint density at radius 1 is 1.39 bits per heavy atom. The fourth-order valence-electron chi connectivity index (χ4n) is 1.43. The standard InChI is InChI=1S/C12H13BrFN3O/c1-6(7(2)15)12-16-11(17-18-12)9-4-3-8(14)5-10(9)13/h3-7H,15H2,1-2H3. The second-order valence-corrected chi connectivity index (χ2v) is 5.08. The molecule has 2 atom stereocenters. The summed E-state index contributed by atoms with van der Waals surface area (Å²) in [4.78, 5) is 4.28. The molecule has 0 spiro atoms. The molecule has 2 aromatic rings. The minimum Gasteiger partial charge on any atom is -0.339 e. The molecule has 2 unspecified atom stereocenters. The first-order chi connectivity index (χ1) is 8.49. The minimum atomic E-state index is -0.321. The van der Waals surface area contributed by atoms with Crippen molar-refractivity contribution < 1.29 is 8.91 Å². The molecule has 6 heteroatoms. The molecule has 0 fully saturated rings. The van der Waals surface area contributed by atoms with Gasteiger partial charge in [-0.3, -0.25) is 0 Å². The van der Waals surface area contributed by atoms with E-state index >= 15 is 0 Å². The highest BCUT2D eigenvalue weighted by Crippen LogP contribution is 2.28. The van der Waals surface area contributed by atoms with Gasteiger partial charge in [-0.25, -0.2) is 4.39 Å². The Kier molecular flexibility index (Phi) is 3.77. The third-order valence-electron chi connectivity index (χ3n) is 2.79. The molecule has 1 heterocycles. The van der Waals surface area contributed by atoms with E-state index in [4.69, 9.17) is 10.3 Å². The lowest BCUT2D eigenvalue weighted by molar-refractivity contribution is 0.346. The van der Waals surface area contributed by atoms with Crippen LogP contribution in [-0.4, -0.2) is 16.2 Å². The van der Waals surface area contributed by atoms with Gasteiger partial charge in [0.2, 0.25) is 11.7 Å². The minimum absolute atomic E-state index is 0.0227. The Hall–Kier alpha value is -1.27. The molecule has 0 amide bonds. The summed E-state index contributed by atoms with van der Waals surface area (Å²) in [5.41, 5.74) is 6.46. The normalized spacial score (nSPS) is 14.5. The highest BCUT2D eigenvalue weighted by atomic mass is 79.9. The third kappa shape index (κ3) is 2.59. The number of halogens is 2. The van der Waals surface area contributed by atoms with Crippen LogP contribution in [0.4, 0.5) is 4.39 Å². The molecular formula is C12H13BrFN3O. The Morgan fingerprint density at radius 2 is 2.11 bits per heavy atom. The largest absolute Gasteiger partial charge is 0.339 e. The molecule has 4 nitrogen and oxygen atoms in total. The van der Waals surface area contributed by atoms with Crippen molar-refractivity contribution in [2.45, 2.75) is 25.8 Å². The van der Waals surface area contributed by atoms with E-state index in [0.717, 1.165) is 0 Å². The van der Waals surface area contributed by atoms with E-state index in [2.05, 4.69) is 26.1 Å². The number of aromatic nitrogens is 2. The first-order valence-electron chi connectivity index (χ1n) is 5.53. The smallest absolute Gasteiger partial charge is 0.231 e. The van der Waals surface area contributed by atoms with Crippen LogP contribution in [0.25, 0.3) is 11.4 Å². The van der Waals surface area contributed by atoms with Crippen LogP contribution in [-0.2, 0) is 0 Å². The summed E-state index contributed by atoms with van der Waals surface area (Å²) in [6.07, 6.45) is 0. The fraction of sp³-hybridized carbons (Fsp3) is 0.333. The van der Waals surface area contributed by atoms with Gasteiger partial charge >= 0.3 is 0 Å². The maximum atomic E-state index is 13.0. The van der Waals surface area contributed by atoms with Gasteiger partial charge in [0.1, 0.15) is 5.82 Å². The predicted octanol–water partition coefficient (Wildman–Crippen LogP) is 3.09. The number of nitrogens with zero attached hydrogens (tertiary/aromatic N) is 2. The molecule has 0 saturated carbocycles. The zero-order valence-corrected chi connectivity index (χ0v) is 11.6. The fourth-order valence-corrected chi connectivity index (χ4v) is 1.95. The molecule has 1 aromatic heterocycles. The summed E-state index contributed by atoms with van der Waals surface area (Å²) in [7, 11) is 0. The highest BCUT2D eigenvalue weighted by molar-refractivity contribution is 9.10. The molecule has 0 radical (unpaired) electrons. The average molecular weight is 314 g/mol. The summed E-state index contributed by atoms with van der Waals surface area (Å²) in [5.74, 6) is 0.560. The number of benzene rings is 1. The molecule has 0 aliphatic carbocycles. The lowest BCUT2D eigenvalue weighted by Crippen LogP contribution is -2.22. The summed E-state index contributed by atoms with van der Waals surface area (Å²) >= 11 is 3.27. The molecular weight excluding hydrogens is 301 g/mol. The van der Waals surface area contributed by atoms with Gasteiger partial charge in [0.05, 0.1) is 5.92 Å². The van der Waals surface area contributed by atoms with Crippen LogP contribution in [0.3, 0.4) is 0 Å². The Labute approximate surface area is 113 Å². The number of rotatable bonds is 3. The first-order valence-corrected chi connectivity index (χ1v) is 6.33. The van der Waals surface area contributed by atoms with Crippen LogP contribution in [0.2, 0.25) is 0 Å². The second kappa shape index (κ2) is 5.16. The van der Waals surface area contributed by atoms with Gasteiger partial charge in [-0.2, -0.15) is 4.98 Å². The van der Waals surface area contributed by atoms with Crippen molar-refractivity contribution >= 4 is 15.9 Å². The van der Waals surface area contributed by atoms with Crippen molar-refractivity contribution in [3.8, 4) is 11.4 Å². The zero-order chi connectivity index (χ0) is 13.3. The van der Waals surface area contributed by atoms with E-state index in [1.54, 1.807) is 6.07 Å². The molecule has 2 rings (SSSR count). The topological polar surface area (TPSA) is 64.9 Å². The van der Waals surface area contributed by atoms with Gasteiger partial charge in [-0.05, 0) is 41.1 Å². The van der Waals surface area contributed by atoms with Crippen LogP contribution in [0, 0.1) is 5.82 Å². The van der Waals surface area contributed by atoms with Gasteiger partial charge in [-0.1, -0.05) is 12.1 Å². The van der Waals surface area contributed by atoms with E-state index < -0.39 is 0 Å². The van der Waals surface area contributed by atoms with Crippen molar-refractivity contribution in [3.63, 3.8) is 0 Å². The molecule has 0 bridgehead atoms. The molecule has 0 saturated heterocycles. The van der Waals surface area contributed by atoms with E-state index in [1.807, 2.05) is 13.8 Å². The summed E-state index contributed by atoms with van der Waals surface area (Å²) in [5, 5.41) is 3.89. The van der Waals surface area contributed by atoms with Gasteiger partial charge in [0.15, 0.2) is 0 Å². The molecule has 96 valence electrons. The average Bonchev–Trinajstić information content (AvgIpc) is 2.77. The molecule has 0 aliphatic rings. The lowest BCUT2D eigenvalue weighted by atomic mass is 10.1. The summed E-state index contributed by atoms with van der Waals surface area (Å²) in [6, 6.07) is 4.24. The molecule has 2 N–H and O–H groups in total. The van der Waals surface area contributed by atoms with Crippen LogP contribution >= 0.6 is 15.9 Å². The van der Waals surface area contributed by atoms with Crippen molar-refractivity contribution in [1.29, 1.82) is 0 Å². The van der Waals surface area contributed by atoms with Crippen molar-refractivity contribution in [2.24, 2.45) is 5.73 Å². The van der Waals surface area contributed by atoms with Crippen LogP contribution in [0.15, 0.2) is 27.2 Å². The monoisotopic (exact) mass is 313 g/mol. The molecule has 18 heavy (non-hydrogen) atoms. The summed E-state index contributed by atoms with van der Waals surface area (Å²) in [6.45, 7) is 3.80. The van der Waals surface area contributed by atoms with Gasteiger partial charge in [0.25, 0.3) is 0 Å². The number of hydrogen-bond acceptors (Lipinski definition) is 4. The van der Waals surface area contributed by atoms with Gasteiger partial charge in [0, 0.05) is 16.1 Å². The first kappa shape index (κ1) is 13.2. The van der Waals surface area contributed by atoms with Crippen LogP contribution in [0.5, 0.6) is 0 Å². The predicted molar refractivity (Wildman–Crippen MR) is 69.5 cm³/mol. The van der Waals surface area contributed by atoms with E-state index in [1.165, 1.54) is 12.1 Å². The SMILES string of the molecule is CC(N)C(C)c1nc(-c2ccc(F)cc2Br)no1. The van der Waals surface area contributed by atoms with E-state index in [-0.39, 0.29) is 17.8 Å². The van der Waals surface area contributed by atoms with Crippen molar-refractivity contribution in [3.05, 3.63) is 34.4 Å². The maximum Gasteiger partial charge on any atom is 0.231 e. The Balaban J connectivity index is 2.35. The maximum absolute atomic E-state index is 13.0. The van der Waals surface area contributed by atoms with E-state index in [9.17, 15) is 4.39 Å². The van der Waals surface area contributed by atoms with Gasteiger partial charge < -0.3 is 10.3 Å². The number of hydrogen-bond donors (Lipinski definition) is 1. The third-order valence-corrected chi connectivity index (χ3v) is 3.45. The Bertz CT molecular complexity index is 556. The number of nitrogens with two attached hydrogens (primary N) is 1. The van der Waals surface area contributed by atoms with E-state index in [0.29, 0.717) is 21.8 Å². The highest BCUT2D eigenvalue weighted by Gasteiger charge is 2.19. The van der Waals surface area contributed by atoms with Crippen molar-refractivity contribution in [2.75, 3.05) is 0 Å². The van der Waals surface area contributed by atoms with Gasteiger partial charge in [-0.15, -0.1) is 0 Å². The summed E-state index contributed by atoms with van der Waals surface area (Å²) < 4.78 is 18.7. The zero-order valence-electron chi connectivity index (χ0n) is 10.0. The molecule has 1 aromatic carbocycles. The van der Waals surface area contributed by atoms with Crippen molar-refractivity contribution in [1.82, 2.24) is 10.1 Å². The lowest BCUT2D eigenvalue weighted by Gasteiger charge is -2.09. The Morgan fingerprint density at radius 3 is 2.72 bits per heavy atom. The molecule has 0 aliphatic heterocycles. The quantitative estimate of drug-likeness (QED) is 0.945. The van der Waals surface area contributed by atoms with Crippen LogP contribution in [0.1, 0.15) is 25.7 Å². The second-order valence-electron chi connectivity index (χ2n) is 4.23. The van der Waals surface area contributed by atoms with Crippen LogP contribution < -0.4 is 5.73 Å².